The largest absolute Gasteiger partial charge is 0.381 e. The Balaban J connectivity index is 1.38. The maximum absolute atomic E-state index is 13.9. The highest BCUT2D eigenvalue weighted by atomic mass is 16.5. The van der Waals surface area contributed by atoms with Gasteiger partial charge in [-0.15, -0.1) is 0 Å². The first kappa shape index (κ1) is 23.1. The van der Waals surface area contributed by atoms with E-state index in [2.05, 4.69) is 12.1 Å². The molecule has 0 aromatic heterocycles. The average molecular weight is 463 g/mol. The Kier molecular flexibility index (Phi) is 6.70. The molecule has 5 rings (SSSR count). The number of likely N-dealkylation sites (tertiary alicyclic amines) is 1. The van der Waals surface area contributed by atoms with Crippen LogP contribution in [0, 0.1) is 12.8 Å². The average Bonchev–Trinajstić information content (AvgIpc) is 3.12. The fraction of sp³-hybridized carbons (Fsp3) is 0.500. The molecule has 3 saturated heterocycles. The Bertz CT molecular complexity index is 1000. The van der Waals surface area contributed by atoms with E-state index in [4.69, 9.17) is 9.47 Å². The summed E-state index contributed by atoms with van der Waals surface area (Å²) in [5.41, 5.74) is 2.24. The lowest BCUT2D eigenvalue weighted by Gasteiger charge is -2.42. The molecule has 34 heavy (non-hydrogen) atoms. The predicted molar refractivity (Wildman–Crippen MR) is 129 cm³/mol. The highest BCUT2D eigenvalue weighted by Crippen LogP contribution is 2.42. The molecule has 0 N–H and O–H groups in total. The highest BCUT2D eigenvalue weighted by Gasteiger charge is 2.58. The molecule has 6 nitrogen and oxygen atoms in total. The van der Waals surface area contributed by atoms with Gasteiger partial charge in [0.2, 0.25) is 5.91 Å². The van der Waals surface area contributed by atoms with Crippen LogP contribution in [-0.4, -0.2) is 73.2 Å². The van der Waals surface area contributed by atoms with Crippen LogP contribution in [0.4, 0.5) is 0 Å². The second-order valence-electron chi connectivity index (χ2n) is 9.94. The lowest BCUT2D eigenvalue weighted by atomic mass is 9.83. The standard InChI is InChI=1S/C28H34N2O4/c1-21-7-9-22(10-8-21)17-26(31)29-13-16-34-28(20-29)25(24-5-3-2-4-6-24)19-30(27(28)32)18-23-11-14-33-15-12-23/h2-10,23,25H,11-20H2,1H3/t25-,28-/m1/s1. The van der Waals surface area contributed by atoms with Crippen LogP contribution in [0.1, 0.15) is 35.4 Å². The zero-order valence-electron chi connectivity index (χ0n) is 19.9. The monoisotopic (exact) mass is 462 g/mol. The molecule has 0 unspecified atom stereocenters. The minimum absolute atomic E-state index is 0.0284. The molecule has 0 saturated carbocycles. The molecular formula is C28H34N2O4. The Morgan fingerprint density at radius 1 is 1.03 bits per heavy atom. The Labute approximate surface area is 201 Å². The van der Waals surface area contributed by atoms with Gasteiger partial charge in [0, 0.05) is 38.8 Å². The van der Waals surface area contributed by atoms with E-state index in [0.29, 0.717) is 38.6 Å². The first-order chi connectivity index (χ1) is 16.5. The maximum atomic E-state index is 13.9. The molecule has 3 aliphatic rings. The van der Waals surface area contributed by atoms with Gasteiger partial charge in [0.1, 0.15) is 0 Å². The smallest absolute Gasteiger partial charge is 0.257 e. The van der Waals surface area contributed by atoms with Crippen molar-refractivity contribution in [3.8, 4) is 0 Å². The number of rotatable bonds is 5. The number of carbonyl (C=O) groups excluding carboxylic acids is 2. The molecule has 0 radical (unpaired) electrons. The number of hydrogen-bond acceptors (Lipinski definition) is 4. The number of benzene rings is 2. The molecule has 3 aliphatic heterocycles. The van der Waals surface area contributed by atoms with Crippen LogP contribution >= 0.6 is 0 Å². The van der Waals surface area contributed by atoms with Crippen LogP contribution in [0.3, 0.4) is 0 Å². The molecule has 2 aromatic carbocycles. The quantitative estimate of drug-likeness (QED) is 0.685. The Morgan fingerprint density at radius 3 is 2.50 bits per heavy atom. The first-order valence-electron chi connectivity index (χ1n) is 12.4. The topological polar surface area (TPSA) is 59.1 Å². The number of ether oxygens (including phenoxy) is 2. The van der Waals surface area contributed by atoms with Crippen LogP contribution in [0.25, 0.3) is 0 Å². The predicted octanol–water partition coefficient (Wildman–Crippen LogP) is 3.19. The van der Waals surface area contributed by atoms with Crippen molar-refractivity contribution in [3.63, 3.8) is 0 Å². The lowest BCUT2D eigenvalue weighted by molar-refractivity contribution is -0.167. The van der Waals surface area contributed by atoms with Crippen molar-refractivity contribution in [2.45, 2.75) is 37.7 Å². The van der Waals surface area contributed by atoms with Gasteiger partial charge in [0.15, 0.2) is 5.60 Å². The summed E-state index contributed by atoms with van der Waals surface area (Å²) in [6, 6.07) is 18.2. The van der Waals surface area contributed by atoms with E-state index in [9.17, 15) is 9.59 Å². The third kappa shape index (κ3) is 4.62. The van der Waals surface area contributed by atoms with Gasteiger partial charge >= 0.3 is 0 Å². The van der Waals surface area contributed by atoms with E-state index in [1.807, 2.05) is 59.2 Å². The van der Waals surface area contributed by atoms with Crippen molar-refractivity contribution in [3.05, 3.63) is 71.3 Å². The summed E-state index contributed by atoms with van der Waals surface area (Å²) in [5.74, 6) is 0.429. The summed E-state index contributed by atoms with van der Waals surface area (Å²) in [4.78, 5) is 31.0. The first-order valence-corrected chi connectivity index (χ1v) is 12.4. The van der Waals surface area contributed by atoms with Gasteiger partial charge in [0.05, 0.1) is 19.6 Å². The summed E-state index contributed by atoms with van der Waals surface area (Å²) < 4.78 is 11.9. The van der Waals surface area contributed by atoms with Crippen molar-refractivity contribution < 1.29 is 19.1 Å². The fourth-order valence-corrected chi connectivity index (χ4v) is 5.62. The Morgan fingerprint density at radius 2 is 1.76 bits per heavy atom. The summed E-state index contributed by atoms with van der Waals surface area (Å²) in [5, 5.41) is 0. The number of hydrogen-bond donors (Lipinski definition) is 0. The Hall–Kier alpha value is -2.70. The molecule has 3 fully saturated rings. The van der Waals surface area contributed by atoms with Crippen LogP contribution in [0.2, 0.25) is 0 Å². The van der Waals surface area contributed by atoms with Gasteiger partial charge < -0.3 is 19.3 Å². The molecule has 2 amide bonds. The zero-order valence-corrected chi connectivity index (χ0v) is 19.9. The molecule has 0 bridgehead atoms. The molecule has 180 valence electrons. The van der Waals surface area contributed by atoms with Gasteiger partial charge in [-0.3, -0.25) is 9.59 Å². The van der Waals surface area contributed by atoms with Crippen LogP contribution in [0.15, 0.2) is 54.6 Å². The SMILES string of the molecule is Cc1ccc(CC(=O)N2CCO[C@@]3(C2)C(=O)N(CC2CCOCC2)C[C@@H]3c2ccccc2)cc1. The summed E-state index contributed by atoms with van der Waals surface area (Å²) in [7, 11) is 0. The van der Waals surface area contributed by atoms with Crippen LogP contribution in [0.5, 0.6) is 0 Å². The second kappa shape index (κ2) is 9.88. The van der Waals surface area contributed by atoms with Gasteiger partial charge in [-0.2, -0.15) is 0 Å². The molecule has 6 heteroatoms. The zero-order chi connectivity index (χ0) is 23.5. The molecule has 1 spiro atoms. The van der Waals surface area contributed by atoms with Crippen molar-refractivity contribution in [2.75, 3.05) is 46.0 Å². The summed E-state index contributed by atoms with van der Waals surface area (Å²) in [6.45, 7) is 6.11. The number of morpholine rings is 1. The number of amides is 2. The van der Waals surface area contributed by atoms with E-state index >= 15 is 0 Å². The molecular weight excluding hydrogens is 428 g/mol. The van der Waals surface area contributed by atoms with Crippen LogP contribution < -0.4 is 0 Å². The van der Waals surface area contributed by atoms with Crippen molar-refractivity contribution in [1.29, 1.82) is 0 Å². The molecule has 2 atom stereocenters. The normalized spacial score (nSPS) is 25.8. The lowest BCUT2D eigenvalue weighted by Crippen LogP contribution is -2.59. The van der Waals surface area contributed by atoms with E-state index < -0.39 is 5.60 Å². The minimum Gasteiger partial charge on any atom is -0.381 e. The van der Waals surface area contributed by atoms with E-state index in [1.165, 1.54) is 5.56 Å². The van der Waals surface area contributed by atoms with Gasteiger partial charge in [-0.05, 0) is 36.8 Å². The number of carbonyl (C=O) groups is 2. The van der Waals surface area contributed by atoms with E-state index in [-0.39, 0.29) is 17.7 Å². The summed E-state index contributed by atoms with van der Waals surface area (Å²) >= 11 is 0. The van der Waals surface area contributed by atoms with Gasteiger partial charge in [-0.25, -0.2) is 0 Å². The van der Waals surface area contributed by atoms with E-state index in [0.717, 1.165) is 43.7 Å². The van der Waals surface area contributed by atoms with Crippen LogP contribution in [-0.2, 0) is 25.5 Å². The third-order valence-electron chi connectivity index (χ3n) is 7.61. The molecule has 3 heterocycles. The fourth-order valence-electron chi connectivity index (χ4n) is 5.62. The number of nitrogens with zero attached hydrogens (tertiary/aromatic N) is 2. The van der Waals surface area contributed by atoms with Crippen molar-refractivity contribution in [1.82, 2.24) is 9.80 Å². The van der Waals surface area contributed by atoms with E-state index in [1.54, 1.807) is 0 Å². The van der Waals surface area contributed by atoms with Crippen molar-refractivity contribution >= 4 is 11.8 Å². The molecule has 2 aromatic rings. The number of aryl methyl sites for hydroxylation is 1. The summed E-state index contributed by atoms with van der Waals surface area (Å²) in [6.07, 6.45) is 2.30. The third-order valence-corrected chi connectivity index (χ3v) is 7.61. The van der Waals surface area contributed by atoms with Gasteiger partial charge in [0.25, 0.3) is 5.91 Å². The molecule has 0 aliphatic carbocycles. The second-order valence-corrected chi connectivity index (χ2v) is 9.94. The van der Waals surface area contributed by atoms with Gasteiger partial charge in [-0.1, -0.05) is 60.2 Å². The maximum Gasteiger partial charge on any atom is 0.257 e. The highest BCUT2D eigenvalue weighted by molar-refractivity contribution is 5.91. The van der Waals surface area contributed by atoms with Crippen molar-refractivity contribution in [2.24, 2.45) is 5.92 Å². The minimum atomic E-state index is -1.02.